The van der Waals surface area contributed by atoms with Crippen molar-refractivity contribution >= 4 is 29.5 Å². The van der Waals surface area contributed by atoms with Gasteiger partial charge in [-0.2, -0.15) is 0 Å². The van der Waals surface area contributed by atoms with E-state index < -0.39 is 6.09 Å². The molecule has 0 bridgehead atoms. The number of hydrogen-bond acceptors (Lipinski definition) is 5. The van der Waals surface area contributed by atoms with Gasteiger partial charge in [0.2, 0.25) is 11.8 Å². The highest BCUT2D eigenvalue weighted by Gasteiger charge is 2.40. The second-order valence-corrected chi connectivity index (χ2v) is 6.51. The molecule has 2 fully saturated rings. The molecule has 2 atom stereocenters. The van der Waals surface area contributed by atoms with Crippen LogP contribution in [0.1, 0.15) is 18.5 Å². The van der Waals surface area contributed by atoms with Gasteiger partial charge in [-0.15, -0.1) is 0 Å². The molecule has 0 radical (unpaired) electrons. The van der Waals surface area contributed by atoms with Crippen LogP contribution in [0.4, 0.5) is 4.79 Å². The van der Waals surface area contributed by atoms with Crippen LogP contribution in [0.2, 0.25) is 5.15 Å². The number of piperidine rings is 1. The van der Waals surface area contributed by atoms with E-state index in [1.165, 1.54) is 12.4 Å². The molecule has 2 aliphatic rings. The molecule has 3 heterocycles. The molecule has 10 heteroatoms. The molecule has 2 saturated heterocycles. The van der Waals surface area contributed by atoms with Crippen molar-refractivity contribution in [3.63, 3.8) is 0 Å². The Labute approximate surface area is 149 Å². The summed E-state index contributed by atoms with van der Waals surface area (Å²) in [5.41, 5.74) is 0.484. The van der Waals surface area contributed by atoms with Crippen LogP contribution in [0.3, 0.4) is 0 Å². The zero-order valence-corrected chi connectivity index (χ0v) is 14.1. The van der Waals surface area contributed by atoms with Gasteiger partial charge in [0.15, 0.2) is 5.15 Å². The van der Waals surface area contributed by atoms with Gasteiger partial charge < -0.3 is 15.3 Å². The summed E-state index contributed by atoms with van der Waals surface area (Å²) in [6.45, 7) is 0.614. The summed E-state index contributed by atoms with van der Waals surface area (Å²) < 4.78 is 0. The average Bonchev–Trinajstić information content (AvgIpc) is 2.60. The monoisotopic (exact) mass is 367 g/mol. The van der Waals surface area contributed by atoms with Crippen LogP contribution in [0, 0.1) is 5.92 Å². The van der Waals surface area contributed by atoms with E-state index >= 15 is 0 Å². The first-order valence-electron chi connectivity index (χ1n) is 7.96. The number of nitrogens with one attached hydrogen (secondary N) is 1. The molecule has 3 amide bonds. The van der Waals surface area contributed by atoms with E-state index in [-0.39, 0.29) is 42.0 Å². The molecule has 134 valence electrons. The minimum Gasteiger partial charge on any atom is -0.465 e. The molecule has 1 aromatic heterocycles. The Balaban J connectivity index is 1.57. The van der Waals surface area contributed by atoms with Gasteiger partial charge >= 0.3 is 6.09 Å². The summed E-state index contributed by atoms with van der Waals surface area (Å²) in [5.74, 6) is -0.756. The van der Waals surface area contributed by atoms with E-state index in [1.807, 2.05) is 0 Å². The number of carboxylic acid groups (broad SMARTS) is 1. The highest BCUT2D eigenvalue weighted by atomic mass is 35.5. The van der Waals surface area contributed by atoms with Crippen molar-refractivity contribution in [1.82, 2.24) is 25.1 Å². The molecular formula is C15H18ClN5O4. The van der Waals surface area contributed by atoms with Crippen molar-refractivity contribution in [2.24, 2.45) is 5.92 Å². The maximum Gasteiger partial charge on any atom is 0.407 e. The molecule has 0 spiro atoms. The SMILES string of the molecule is O=C(NCc1nccnc1Cl)C1CCC2CN(C(=O)O)CC(=O)N2C1. The summed E-state index contributed by atoms with van der Waals surface area (Å²) >= 11 is 5.91. The largest absolute Gasteiger partial charge is 0.465 e. The predicted octanol–water partition coefficient (Wildman–Crippen LogP) is 0.347. The number of hydrogen-bond donors (Lipinski definition) is 2. The quantitative estimate of drug-likeness (QED) is 0.796. The zero-order chi connectivity index (χ0) is 18.0. The maximum absolute atomic E-state index is 12.4. The summed E-state index contributed by atoms with van der Waals surface area (Å²) in [4.78, 5) is 46.4. The van der Waals surface area contributed by atoms with Crippen LogP contribution in [0.25, 0.3) is 0 Å². The van der Waals surface area contributed by atoms with E-state index in [0.717, 1.165) is 4.90 Å². The van der Waals surface area contributed by atoms with Gasteiger partial charge in [0.1, 0.15) is 6.54 Å². The van der Waals surface area contributed by atoms with Crippen molar-refractivity contribution < 1.29 is 19.5 Å². The lowest BCUT2D eigenvalue weighted by atomic mass is 9.90. The van der Waals surface area contributed by atoms with Gasteiger partial charge in [-0.25, -0.2) is 9.78 Å². The zero-order valence-electron chi connectivity index (χ0n) is 13.4. The number of amides is 3. The first-order chi connectivity index (χ1) is 12.0. The Bertz CT molecular complexity index is 700. The number of nitrogens with zero attached hydrogens (tertiary/aromatic N) is 4. The van der Waals surface area contributed by atoms with Crippen LogP contribution < -0.4 is 5.32 Å². The maximum atomic E-state index is 12.4. The average molecular weight is 368 g/mol. The van der Waals surface area contributed by atoms with E-state index in [9.17, 15) is 14.4 Å². The summed E-state index contributed by atoms with van der Waals surface area (Å²) in [5, 5.41) is 12.1. The fraction of sp³-hybridized carbons (Fsp3) is 0.533. The van der Waals surface area contributed by atoms with Crippen LogP contribution in [-0.2, 0) is 16.1 Å². The van der Waals surface area contributed by atoms with Crippen molar-refractivity contribution in [3.8, 4) is 0 Å². The summed E-state index contributed by atoms with van der Waals surface area (Å²) in [6.07, 6.45) is 3.08. The summed E-state index contributed by atoms with van der Waals surface area (Å²) in [7, 11) is 0. The topological polar surface area (TPSA) is 116 Å². The molecule has 3 rings (SSSR count). The molecular weight excluding hydrogens is 350 g/mol. The Morgan fingerprint density at radius 1 is 1.28 bits per heavy atom. The fourth-order valence-corrected chi connectivity index (χ4v) is 3.41. The lowest BCUT2D eigenvalue weighted by Gasteiger charge is -2.44. The molecule has 0 saturated carbocycles. The van der Waals surface area contributed by atoms with E-state index in [0.29, 0.717) is 31.6 Å². The van der Waals surface area contributed by atoms with Crippen molar-refractivity contribution in [3.05, 3.63) is 23.2 Å². The number of piperazine rings is 1. The molecule has 0 aliphatic carbocycles. The summed E-state index contributed by atoms with van der Waals surface area (Å²) in [6, 6.07) is -0.157. The first kappa shape index (κ1) is 17.4. The minimum atomic E-state index is -1.09. The highest BCUT2D eigenvalue weighted by Crippen LogP contribution is 2.26. The lowest BCUT2D eigenvalue weighted by molar-refractivity contribution is -0.144. The van der Waals surface area contributed by atoms with Crippen molar-refractivity contribution in [2.75, 3.05) is 19.6 Å². The third kappa shape index (κ3) is 3.81. The number of rotatable bonds is 3. The second-order valence-electron chi connectivity index (χ2n) is 6.15. The van der Waals surface area contributed by atoms with E-state index in [2.05, 4.69) is 15.3 Å². The molecule has 0 aromatic carbocycles. The predicted molar refractivity (Wildman–Crippen MR) is 86.7 cm³/mol. The molecule has 1 aromatic rings. The van der Waals surface area contributed by atoms with Gasteiger partial charge in [0.25, 0.3) is 0 Å². The Kier molecular flexibility index (Phi) is 5.03. The van der Waals surface area contributed by atoms with E-state index in [1.54, 1.807) is 4.90 Å². The van der Waals surface area contributed by atoms with Crippen molar-refractivity contribution in [2.45, 2.75) is 25.4 Å². The number of carbonyl (C=O) groups excluding carboxylic acids is 2. The number of aromatic nitrogens is 2. The molecule has 2 unspecified atom stereocenters. The van der Waals surface area contributed by atoms with Crippen LogP contribution in [0.15, 0.2) is 12.4 Å². The fourth-order valence-electron chi connectivity index (χ4n) is 3.24. The molecule has 25 heavy (non-hydrogen) atoms. The Hall–Kier alpha value is -2.42. The van der Waals surface area contributed by atoms with Crippen LogP contribution in [-0.4, -0.2) is 68.5 Å². The standard InChI is InChI=1S/C15H18ClN5O4/c16-13-11(17-3-4-18-13)5-19-14(23)9-1-2-10-7-20(15(24)25)8-12(22)21(10)6-9/h3-4,9-10H,1-2,5-8H2,(H,19,23)(H,24,25). The van der Waals surface area contributed by atoms with Gasteiger partial charge in [-0.05, 0) is 12.8 Å². The van der Waals surface area contributed by atoms with Gasteiger partial charge in [-0.1, -0.05) is 11.6 Å². The van der Waals surface area contributed by atoms with Gasteiger partial charge in [-0.3, -0.25) is 19.5 Å². The third-order valence-corrected chi connectivity index (χ3v) is 4.89. The van der Waals surface area contributed by atoms with Gasteiger partial charge in [0.05, 0.1) is 18.2 Å². The molecule has 2 N–H and O–H groups in total. The molecule has 9 nitrogen and oxygen atoms in total. The van der Waals surface area contributed by atoms with Gasteiger partial charge in [0, 0.05) is 31.5 Å². The number of carbonyl (C=O) groups is 3. The first-order valence-corrected chi connectivity index (χ1v) is 8.34. The Morgan fingerprint density at radius 3 is 2.76 bits per heavy atom. The van der Waals surface area contributed by atoms with Crippen LogP contribution in [0.5, 0.6) is 0 Å². The number of halogens is 1. The van der Waals surface area contributed by atoms with Crippen molar-refractivity contribution in [1.29, 1.82) is 0 Å². The normalized spacial score (nSPS) is 23.2. The number of fused-ring (bicyclic) bond motifs is 1. The smallest absolute Gasteiger partial charge is 0.407 e. The molecule has 2 aliphatic heterocycles. The van der Waals surface area contributed by atoms with Crippen LogP contribution >= 0.6 is 11.6 Å². The highest BCUT2D eigenvalue weighted by molar-refractivity contribution is 6.29. The Morgan fingerprint density at radius 2 is 2.04 bits per heavy atom. The lowest BCUT2D eigenvalue weighted by Crippen LogP contribution is -2.61. The van der Waals surface area contributed by atoms with E-state index in [4.69, 9.17) is 16.7 Å². The third-order valence-electron chi connectivity index (χ3n) is 4.58. The minimum absolute atomic E-state index is 0.157. The second kappa shape index (κ2) is 7.22.